The predicted molar refractivity (Wildman–Crippen MR) is 97.9 cm³/mol. The van der Waals surface area contributed by atoms with Gasteiger partial charge in [-0.05, 0) is 42.8 Å². The SMILES string of the molecule is Cc1cc(Cl)ccc1S(=O)(=O)N1CCN(c2ccc3nncn3n2)CC1. The summed E-state index contributed by atoms with van der Waals surface area (Å²) in [4.78, 5) is 2.36. The predicted octanol–water partition coefficient (Wildman–Crippen LogP) is 1.60. The van der Waals surface area contributed by atoms with Crippen LogP contribution in [0.4, 0.5) is 5.82 Å². The van der Waals surface area contributed by atoms with Crippen LogP contribution in [-0.2, 0) is 10.0 Å². The van der Waals surface area contributed by atoms with Crippen LogP contribution in [0.5, 0.6) is 0 Å². The number of rotatable bonds is 3. The highest BCUT2D eigenvalue weighted by Gasteiger charge is 2.30. The molecule has 8 nitrogen and oxygen atoms in total. The molecule has 1 aliphatic rings. The number of benzene rings is 1. The van der Waals surface area contributed by atoms with E-state index in [0.29, 0.717) is 47.3 Å². The summed E-state index contributed by atoms with van der Waals surface area (Å²) in [5.41, 5.74) is 1.33. The number of piperazine rings is 1. The monoisotopic (exact) mass is 392 g/mol. The molecule has 0 aliphatic carbocycles. The first-order chi connectivity index (χ1) is 12.4. The van der Waals surface area contributed by atoms with Crippen LogP contribution in [-0.4, -0.2) is 58.7 Å². The Balaban J connectivity index is 1.52. The van der Waals surface area contributed by atoms with E-state index >= 15 is 0 Å². The summed E-state index contributed by atoms with van der Waals surface area (Å²) in [7, 11) is -3.54. The number of hydrogen-bond donors (Lipinski definition) is 0. The Hall–Kier alpha value is -2.23. The van der Waals surface area contributed by atoms with Crippen molar-refractivity contribution < 1.29 is 8.42 Å². The summed E-state index contributed by atoms with van der Waals surface area (Å²) in [5.74, 6) is 0.775. The molecule has 4 rings (SSSR count). The quantitative estimate of drug-likeness (QED) is 0.673. The van der Waals surface area contributed by atoms with Crippen molar-refractivity contribution in [3.8, 4) is 0 Å². The van der Waals surface area contributed by atoms with Crippen LogP contribution in [0.2, 0.25) is 5.02 Å². The van der Waals surface area contributed by atoms with Crippen LogP contribution >= 0.6 is 11.6 Å². The Morgan fingerprint density at radius 3 is 2.58 bits per heavy atom. The minimum Gasteiger partial charge on any atom is -0.353 e. The second-order valence-corrected chi connectivity index (χ2v) is 8.47. The smallest absolute Gasteiger partial charge is 0.243 e. The van der Waals surface area contributed by atoms with E-state index in [9.17, 15) is 8.42 Å². The first kappa shape index (κ1) is 17.2. The zero-order valence-electron chi connectivity index (χ0n) is 14.1. The van der Waals surface area contributed by atoms with E-state index in [1.54, 1.807) is 36.0 Å². The average Bonchev–Trinajstić information content (AvgIpc) is 3.09. The van der Waals surface area contributed by atoms with E-state index in [1.807, 2.05) is 12.1 Å². The van der Waals surface area contributed by atoms with Gasteiger partial charge in [-0.15, -0.1) is 15.3 Å². The molecule has 0 atom stereocenters. The van der Waals surface area contributed by atoms with E-state index in [2.05, 4.69) is 20.2 Å². The molecule has 0 radical (unpaired) electrons. The number of aryl methyl sites for hydroxylation is 1. The topological polar surface area (TPSA) is 83.7 Å². The Morgan fingerprint density at radius 1 is 1.08 bits per heavy atom. The van der Waals surface area contributed by atoms with Gasteiger partial charge in [0.1, 0.15) is 12.1 Å². The third kappa shape index (κ3) is 3.02. The molecule has 3 aromatic rings. The molecule has 0 amide bonds. The molecule has 1 fully saturated rings. The number of hydrogen-bond acceptors (Lipinski definition) is 6. The molecule has 26 heavy (non-hydrogen) atoms. The lowest BCUT2D eigenvalue weighted by molar-refractivity contribution is 0.383. The van der Waals surface area contributed by atoms with E-state index in [0.717, 1.165) is 5.82 Å². The highest BCUT2D eigenvalue weighted by atomic mass is 35.5. The first-order valence-electron chi connectivity index (χ1n) is 8.13. The first-order valence-corrected chi connectivity index (χ1v) is 9.95. The third-order valence-electron chi connectivity index (χ3n) is 4.47. The maximum absolute atomic E-state index is 12.9. The zero-order chi connectivity index (χ0) is 18.3. The molecule has 0 unspecified atom stereocenters. The summed E-state index contributed by atoms with van der Waals surface area (Å²) in [5, 5.41) is 12.7. The third-order valence-corrected chi connectivity index (χ3v) is 6.76. The molecular weight excluding hydrogens is 376 g/mol. The highest BCUT2D eigenvalue weighted by Crippen LogP contribution is 2.24. The number of anilines is 1. The molecule has 3 heterocycles. The molecule has 0 N–H and O–H groups in total. The molecule has 10 heteroatoms. The summed E-state index contributed by atoms with van der Waals surface area (Å²) in [6, 6.07) is 8.56. The Labute approximate surface area is 156 Å². The van der Waals surface area contributed by atoms with Crippen molar-refractivity contribution in [3.05, 3.63) is 47.2 Å². The van der Waals surface area contributed by atoms with Crippen LogP contribution < -0.4 is 4.90 Å². The lowest BCUT2D eigenvalue weighted by Gasteiger charge is -2.34. The van der Waals surface area contributed by atoms with Crippen LogP contribution in [0.15, 0.2) is 41.6 Å². The van der Waals surface area contributed by atoms with Crippen molar-refractivity contribution in [1.82, 2.24) is 24.1 Å². The van der Waals surface area contributed by atoms with Crippen molar-refractivity contribution in [2.24, 2.45) is 0 Å². The normalized spacial score (nSPS) is 16.3. The molecule has 1 saturated heterocycles. The molecule has 136 valence electrons. The minimum atomic E-state index is -3.54. The summed E-state index contributed by atoms with van der Waals surface area (Å²) >= 11 is 5.94. The van der Waals surface area contributed by atoms with Gasteiger partial charge in [-0.3, -0.25) is 0 Å². The molecule has 2 aromatic heterocycles. The van der Waals surface area contributed by atoms with Crippen LogP contribution in [0, 0.1) is 6.92 Å². The summed E-state index contributed by atoms with van der Waals surface area (Å²) < 4.78 is 29.0. The number of sulfonamides is 1. The molecule has 0 bridgehead atoms. The van der Waals surface area contributed by atoms with Gasteiger partial charge in [0.15, 0.2) is 5.65 Å². The van der Waals surface area contributed by atoms with E-state index in [1.165, 1.54) is 4.31 Å². The largest absolute Gasteiger partial charge is 0.353 e. The van der Waals surface area contributed by atoms with E-state index < -0.39 is 10.0 Å². The fraction of sp³-hybridized carbons (Fsp3) is 0.312. The number of nitrogens with zero attached hydrogens (tertiary/aromatic N) is 6. The second-order valence-electron chi connectivity index (χ2n) is 6.13. The molecule has 1 aliphatic heterocycles. The zero-order valence-corrected chi connectivity index (χ0v) is 15.7. The maximum atomic E-state index is 12.9. The lowest BCUT2D eigenvalue weighted by atomic mass is 10.2. The van der Waals surface area contributed by atoms with Crippen LogP contribution in [0.3, 0.4) is 0 Å². The Morgan fingerprint density at radius 2 is 1.85 bits per heavy atom. The van der Waals surface area contributed by atoms with Crippen molar-refractivity contribution in [2.75, 3.05) is 31.1 Å². The number of aromatic nitrogens is 4. The van der Waals surface area contributed by atoms with Gasteiger partial charge < -0.3 is 4.90 Å². The van der Waals surface area contributed by atoms with Gasteiger partial charge in [0, 0.05) is 31.2 Å². The van der Waals surface area contributed by atoms with Crippen molar-refractivity contribution >= 4 is 33.1 Å². The van der Waals surface area contributed by atoms with Gasteiger partial charge in [0.05, 0.1) is 4.90 Å². The average molecular weight is 393 g/mol. The Bertz CT molecular complexity index is 1060. The second kappa shape index (κ2) is 6.49. The van der Waals surface area contributed by atoms with Crippen LogP contribution in [0.1, 0.15) is 5.56 Å². The minimum absolute atomic E-state index is 0.305. The van der Waals surface area contributed by atoms with Crippen molar-refractivity contribution in [3.63, 3.8) is 0 Å². The molecule has 0 saturated carbocycles. The van der Waals surface area contributed by atoms with Crippen LogP contribution in [0.25, 0.3) is 5.65 Å². The van der Waals surface area contributed by atoms with E-state index in [-0.39, 0.29) is 0 Å². The van der Waals surface area contributed by atoms with Crippen molar-refractivity contribution in [2.45, 2.75) is 11.8 Å². The molecule has 1 aromatic carbocycles. The van der Waals surface area contributed by atoms with Crippen molar-refractivity contribution in [1.29, 1.82) is 0 Å². The lowest BCUT2D eigenvalue weighted by Crippen LogP contribution is -2.49. The van der Waals surface area contributed by atoms with Gasteiger partial charge in [-0.2, -0.15) is 8.82 Å². The highest BCUT2D eigenvalue weighted by molar-refractivity contribution is 7.89. The van der Waals surface area contributed by atoms with E-state index in [4.69, 9.17) is 11.6 Å². The van der Waals surface area contributed by atoms with Gasteiger partial charge in [-0.25, -0.2) is 8.42 Å². The fourth-order valence-corrected chi connectivity index (χ4v) is 4.94. The molecular formula is C16H17ClN6O2S. The van der Waals surface area contributed by atoms with Gasteiger partial charge in [0.2, 0.25) is 10.0 Å². The van der Waals surface area contributed by atoms with Gasteiger partial charge >= 0.3 is 0 Å². The fourth-order valence-electron chi connectivity index (χ4n) is 3.09. The van der Waals surface area contributed by atoms with Gasteiger partial charge in [0.25, 0.3) is 0 Å². The molecule has 0 spiro atoms. The summed E-state index contributed by atoms with van der Waals surface area (Å²) in [6.07, 6.45) is 1.54. The van der Waals surface area contributed by atoms with Gasteiger partial charge in [-0.1, -0.05) is 11.6 Å². The number of halogens is 1. The standard InChI is InChI=1S/C16H17ClN6O2S/c1-12-10-13(17)2-3-14(12)26(24,25)22-8-6-21(7-9-22)16-5-4-15-19-18-11-23(15)20-16/h2-5,10-11H,6-9H2,1H3. The maximum Gasteiger partial charge on any atom is 0.243 e. The number of fused-ring (bicyclic) bond motifs is 1. The summed E-state index contributed by atoms with van der Waals surface area (Å²) in [6.45, 7) is 3.67. The Kier molecular flexibility index (Phi) is 4.29.